The van der Waals surface area contributed by atoms with Gasteiger partial charge in [0.25, 0.3) is 0 Å². The SMILES string of the molecule is F[C@H]1CC1(c1ccccc1)c1ccccc1. The number of rotatable bonds is 2. The van der Waals surface area contributed by atoms with E-state index in [0.29, 0.717) is 6.42 Å². The molecule has 2 aromatic carbocycles. The van der Waals surface area contributed by atoms with Gasteiger partial charge in [-0.2, -0.15) is 0 Å². The largest absolute Gasteiger partial charge is 0.246 e. The summed E-state index contributed by atoms with van der Waals surface area (Å²) >= 11 is 0. The quantitative estimate of drug-likeness (QED) is 0.711. The van der Waals surface area contributed by atoms with Gasteiger partial charge in [-0.05, 0) is 17.5 Å². The molecular weight excluding hydrogens is 199 g/mol. The predicted octanol–water partition coefficient (Wildman–Crippen LogP) is 3.71. The molecule has 0 aromatic heterocycles. The first-order valence-electron chi connectivity index (χ1n) is 5.59. The van der Waals surface area contributed by atoms with E-state index in [1.165, 1.54) is 0 Å². The first-order chi connectivity index (χ1) is 7.84. The topological polar surface area (TPSA) is 0 Å². The lowest BCUT2D eigenvalue weighted by molar-refractivity contribution is 0.442. The van der Waals surface area contributed by atoms with E-state index in [-0.39, 0.29) is 5.41 Å². The molecule has 0 unspecified atom stereocenters. The van der Waals surface area contributed by atoms with Gasteiger partial charge in [-0.3, -0.25) is 0 Å². The second-order valence-electron chi connectivity index (χ2n) is 4.38. The van der Waals surface area contributed by atoms with Crippen LogP contribution >= 0.6 is 0 Å². The van der Waals surface area contributed by atoms with E-state index in [4.69, 9.17) is 0 Å². The van der Waals surface area contributed by atoms with E-state index >= 15 is 0 Å². The molecular formula is C15H13F. The zero-order valence-electron chi connectivity index (χ0n) is 8.94. The van der Waals surface area contributed by atoms with E-state index in [1.54, 1.807) is 0 Å². The van der Waals surface area contributed by atoms with Gasteiger partial charge in [0.15, 0.2) is 0 Å². The molecule has 0 N–H and O–H groups in total. The monoisotopic (exact) mass is 212 g/mol. The maximum Gasteiger partial charge on any atom is 0.115 e. The lowest BCUT2D eigenvalue weighted by atomic mass is 9.88. The predicted molar refractivity (Wildman–Crippen MR) is 63.2 cm³/mol. The molecule has 80 valence electrons. The van der Waals surface area contributed by atoms with E-state index in [2.05, 4.69) is 0 Å². The molecule has 1 aliphatic carbocycles. The van der Waals surface area contributed by atoms with Gasteiger partial charge in [-0.15, -0.1) is 0 Å². The molecule has 2 aromatic rings. The number of hydrogen-bond donors (Lipinski definition) is 0. The molecule has 0 saturated heterocycles. The van der Waals surface area contributed by atoms with Crippen LogP contribution in [0.25, 0.3) is 0 Å². The van der Waals surface area contributed by atoms with Crippen LogP contribution in [0.2, 0.25) is 0 Å². The maximum absolute atomic E-state index is 13.8. The molecule has 0 amide bonds. The Morgan fingerprint density at radius 2 is 1.19 bits per heavy atom. The molecule has 1 aliphatic rings. The Balaban J connectivity index is 2.10. The van der Waals surface area contributed by atoms with Crippen LogP contribution in [0.5, 0.6) is 0 Å². The Hall–Kier alpha value is -1.63. The highest BCUT2D eigenvalue weighted by Crippen LogP contribution is 2.55. The van der Waals surface area contributed by atoms with Crippen molar-refractivity contribution in [1.82, 2.24) is 0 Å². The summed E-state index contributed by atoms with van der Waals surface area (Å²) in [5.41, 5.74) is 1.81. The van der Waals surface area contributed by atoms with Gasteiger partial charge in [0.05, 0.1) is 5.41 Å². The number of benzene rings is 2. The van der Waals surface area contributed by atoms with Crippen LogP contribution in [0.1, 0.15) is 17.5 Å². The van der Waals surface area contributed by atoms with Crippen LogP contribution in [0.4, 0.5) is 4.39 Å². The van der Waals surface area contributed by atoms with Crippen molar-refractivity contribution in [2.75, 3.05) is 0 Å². The average molecular weight is 212 g/mol. The van der Waals surface area contributed by atoms with Gasteiger partial charge in [0.2, 0.25) is 0 Å². The third-order valence-corrected chi connectivity index (χ3v) is 3.45. The average Bonchev–Trinajstić information content (AvgIpc) is 3.05. The molecule has 0 bridgehead atoms. The van der Waals surface area contributed by atoms with Crippen LogP contribution in [-0.2, 0) is 5.41 Å². The summed E-state index contributed by atoms with van der Waals surface area (Å²) in [7, 11) is 0. The Bertz CT molecular complexity index is 436. The minimum Gasteiger partial charge on any atom is -0.246 e. The van der Waals surface area contributed by atoms with Crippen molar-refractivity contribution in [3.63, 3.8) is 0 Å². The molecule has 0 heterocycles. The fourth-order valence-corrected chi connectivity index (χ4v) is 2.46. The van der Waals surface area contributed by atoms with Crippen LogP contribution in [0, 0.1) is 0 Å². The van der Waals surface area contributed by atoms with Gasteiger partial charge < -0.3 is 0 Å². The summed E-state index contributed by atoms with van der Waals surface area (Å²) in [5.74, 6) is 0. The Labute approximate surface area is 94.7 Å². The summed E-state index contributed by atoms with van der Waals surface area (Å²) in [6.07, 6.45) is -0.126. The lowest BCUT2D eigenvalue weighted by Gasteiger charge is -2.16. The van der Waals surface area contributed by atoms with Gasteiger partial charge >= 0.3 is 0 Å². The zero-order valence-corrected chi connectivity index (χ0v) is 8.94. The third-order valence-electron chi connectivity index (χ3n) is 3.45. The molecule has 16 heavy (non-hydrogen) atoms. The summed E-state index contributed by atoms with van der Waals surface area (Å²) in [6, 6.07) is 19.9. The minimum atomic E-state index is -0.739. The molecule has 1 saturated carbocycles. The fraction of sp³-hybridized carbons (Fsp3) is 0.200. The third kappa shape index (κ3) is 1.28. The minimum absolute atomic E-state index is 0.372. The highest BCUT2D eigenvalue weighted by Gasteiger charge is 2.57. The molecule has 1 fully saturated rings. The summed E-state index contributed by atoms with van der Waals surface area (Å²) in [4.78, 5) is 0. The lowest BCUT2D eigenvalue weighted by Crippen LogP contribution is -2.12. The van der Waals surface area contributed by atoms with E-state index in [0.717, 1.165) is 11.1 Å². The molecule has 3 rings (SSSR count). The molecule has 0 nitrogen and oxygen atoms in total. The Morgan fingerprint density at radius 3 is 1.50 bits per heavy atom. The van der Waals surface area contributed by atoms with Crippen molar-refractivity contribution in [3.8, 4) is 0 Å². The first kappa shape index (κ1) is 9.59. The normalized spacial score (nSPS) is 21.7. The van der Waals surface area contributed by atoms with E-state index in [1.807, 2.05) is 60.7 Å². The summed E-state index contributed by atoms with van der Waals surface area (Å²) < 4.78 is 13.8. The first-order valence-corrected chi connectivity index (χ1v) is 5.59. The fourth-order valence-electron chi connectivity index (χ4n) is 2.46. The molecule has 0 aliphatic heterocycles. The second kappa shape index (κ2) is 3.44. The standard InChI is InChI=1S/C15H13F/c16-14-11-15(14,12-7-3-1-4-8-12)13-9-5-2-6-10-13/h1-10,14H,11H2/t14-/m0/s1. The zero-order chi connectivity index (χ0) is 11.0. The van der Waals surface area contributed by atoms with Crippen molar-refractivity contribution < 1.29 is 4.39 Å². The Morgan fingerprint density at radius 1 is 0.812 bits per heavy atom. The van der Waals surface area contributed by atoms with Gasteiger partial charge in [0, 0.05) is 0 Å². The van der Waals surface area contributed by atoms with Crippen molar-refractivity contribution in [2.24, 2.45) is 0 Å². The molecule has 1 atom stereocenters. The van der Waals surface area contributed by atoms with Crippen LogP contribution in [0.15, 0.2) is 60.7 Å². The van der Waals surface area contributed by atoms with Crippen molar-refractivity contribution in [3.05, 3.63) is 71.8 Å². The van der Waals surface area contributed by atoms with Crippen LogP contribution in [0.3, 0.4) is 0 Å². The van der Waals surface area contributed by atoms with Gasteiger partial charge in [-0.1, -0.05) is 60.7 Å². The molecule has 1 heteroatoms. The van der Waals surface area contributed by atoms with Gasteiger partial charge in [-0.25, -0.2) is 4.39 Å². The van der Waals surface area contributed by atoms with Crippen molar-refractivity contribution in [2.45, 2.75) is 18.0 Å². The van der Waals surface area contributed by atoms with E-state index in [9.17, 15) is 4.39 Å². The van der Waals surface area contributed by atoms with Crippen LogP contribution < -0.4 is 0 Å². The van der Waals surface area contributed by atoms with E-state index < -0.39 is 6.17 Å². The highest BCUT2D eigenvalue weighted by atomic mass is 19.1. The highest BCUT2D eigenvalue weighted by molar-refractivity contribution is 5.47. The number of hydrogen-bond acceptors (Lipinski definition) is 0. The Kier molecular flexibility index (Phi) is 2.06. The maximum atomic E-state index is 13.8. The number of alkyl halides is 1. The molecule has 0 spiro atoms. The smallest absolute Gasteiger partial charge is 0.115 e. The summed E-state index contributed by atoms with van der Waals surface area (Å²) in [6.45, 7) is 0. The van der Waals surface area contributed by atoms with Gasteiger partial charge in [0.1, 0.15) is 6.17 Å². The number of halogens is 1. The van der Waals surface area contributed by atoms with Crippen molar-refractivity contribution >= 4 is 0 Å². The second-order valence-corrected chi connectivity index (χ2v) is 4.38. The van der Waals surface area contributed by atoms with Crippen molar-refractivity contribution in [1.29, 1.82) is 0 Å². The molecule has 0 radical (unpaired) electrons. The van der Waals surface area contributed by atoms with Crippen LogP contribution in [-0.4, -0.2) is 6.17 Å². The summed E-state index contributed by atoms with van der Waals surface area (Å²) in [5, 5.41) is 0.